The Bertz CT molecular complexity index is 138. The average molecular weight is 144 g/mol. The molecule has 0 fully saturated rings. The number of Topliss-reactive ketones (excluding diaryl/α,β-unsaturated/α-hetero) is 1. The van der Waals surface area contributed by atoms with Crippen LogP contribution in [0.5, 0.6) is 0 Å². The largest absolute Gasteiger partial charge is 0.300 e. The first-order chi connectivity index (χ1) is 4.66. The Hall–Kier alpha value is -0.660. The normalized spacial score (nSPS) is 11.7. The lowest BCUT2D eigenvalue weighted by molar-refractivity contribution is -0.116. The number of hydrogen-bond acceptors (Lipinski definition) is 1. The third kappa shape index (κ3) is 5.48. The van der Waals surface area contributed by atoms with E-state index >= 15 is 0 Å². The summed E-state index contributed by atoms with van der Waals surface area (Å²) in [5.41, 5.74) is 0.709. The summed E-state index contributed by atoms with van der Waals surface area (Å²) < 4.78 is 11.8. The van der Waals surface area contributed by atoms with Crippen molar-refractivity contribution in [3.63, 3.8) is 0 Å². The molecule has 0 bridgehead atoms. The Morgan fingerprint density at radius 1 is 1.50 bits per heavy atom. The van der Waals surface area contributed by atoms with Gasteiger partial charge in [-0.25, -0.2) is 4.39 Å². The molecule has 1 nitrogen and oxygen atoms in total. The van der Waals surface area contributed by atoms with Crippen molar-refractivity contribution in [2.75, 3.05) is 6.67 Å². The van der Waals surface area contributed by atoms with Gasteiger partial charge in [0.15, 0.2) is 0 Å². The first-order valence-corrected chi connectivity index (χ1v) is 3.38. The molecule has 0 aromatic carbocycles. The number of carbonyl (C=O) groups excluding carboxylic acids is 1. The number of carbonyl (C=O) groups is 1. The monoisotopic (exact) mass is 144 g/mol. The van der Waals surface area contributed by atoms with E-state index in [2.05, 4.69) is 0 Å². The SMILES string of the molecule is CC(=O)CC/C=C(\C)CF. The standard InChI is InChI=1S/C8H13FO/c1-7(6-9)4-3-5-8(2)10/h4H,3,5-6H2,1-2H3/b7-4+. The molecule has 0 N–H and O–H groups in total. The number of alkyl halides is 1. The van der Waals surface area contributed by atoms with Gasteiger partial charge >= 0.3 is 0 Å². The van der Waals surface area contributed by atoms with Crippen molar-refractivity contribution in [1.82, 2.24) is 0 Å². The molecule has 0 amide bonds. The molecule has 0 aromatic heterocycles. The van der Waals surface area contributed by atoms with E-state index in [-0.39, 0.29) is 5.78 Å². The number of halogens is 1. The Balaban J connectivity index is 3.43. The molecule has 0 rings (SSSR count). The first kappa shape index (κ1) is 9.34. The quantitative estimate of drug-likeness (QED) is 0.553. The summed E-state index contributed by atoms with van der Waals surface area (Å²) in [6, 6.07) is 0. The maximum absolute atomic E-state index is 11.8. The van der Waals surface area contributed by atoms with Gasteiger partial charge in [-0.05, 0) is 25.8 Å². The summed E-state index contributed by atoms with van der Waals surface area (Å²) in [4.78, 5) is 10.4. The van der Waals surface area contributed by atoms with Gasteiger partial charge in [-0.1, -0.05) is 6.08 Å². The lowest BCUT2D eigenvalue weighted by Gasteiger charge is -1.91. The maximum Gasteiger partial charge on any atom is 0.130 e. The molecular formula is C8H13FO. The van der Waals surface area contributed by atoms with Crippen LogP contribution in [-0.2, 0) is 4.79 Å². The Labute approximate surface area is 60.9 Å². The topological polar surface area (TPSA) is 17.1 Å². The molecular weight excluding hydrogens is 131 g/mol. The molecule has 0 atom stereocenters. The third-order valence-corrected chi connectivity index (χ3v) is 1.20. The predicted molar refractivity (Wildman–Crippen MR) is 39.6 cm³/mol. The molecule has 2 heteroatoms. The van der Waals surface area contributed by atoms with E-state index in [0.29, 0.717) is 18.4 Å². The third-order valence-electron chi connectivity index (χ3n) is 1.20. The number of hydrogen-bond donors (Lipinski definition) is 0. The minimum absolute atomic E-state index is 0.155. The molecule has 0 aliphatic carbocycles. The van der Waals surface area contributed by atoms with Crippen molar-refractivity contribution in [2.24, 2.45) is 0 Å². The summed E-state index contributed by atoms with van der Waals surface area (Å²) in [6.07, 6.45) is 2.96. The van der Waals surface area contributed by atoms with Crippen molar-refractivity contribution in [2.45, 2.75) is 26.7 Å². The summed E-state index contributed by atoms with van der Waals surface area (Å²) in [5, 5.41) is 0. The van der Waals surface area contributed by atoms with Crippen LogP contribution in [0.3, 0.4) is 0 Å². The minimum atomic E-state index is -0.405. The second kappa shape index (κ2) is 5.15. The fraction of sp³-hybridized carbons (Fsp3) is 0.625. The number of rotatable bonds is 4. The van der Waals surface area contributed by atoms with Gasteiger partial charge in [-0.3, -0.25) is 0 Å². The fourth-order valence-electron chi connectivity index (χ4n) is 0.576. The molecule has 0 aromatic rings. The molecule has 0 saturated carbocycles. The highest BCUT2D eigenvalue weighted by Crippen LogP contribution is 1.98. The fourth-order valence-corrected chi connectivity index (χ4v) is 0.576. The second-order valence-electron chi connectivity index (χ2n) is 2.42. The van der Waals surface area contributed by atoms with Crippen molar-refractivity contribution in [3.05, 3.63) is 11.6 Å². The molecule has 0 aliphatic rings. The Morgan fingerprint density at radius 2 is 2.10 bits per heavy atom. The molecule has 0 radical (unpaired) electrons. The van der Waals surface area contributed by atoms with Crippen LogP contribution in [0.15, 0.2) is 11.6 Å². The van der Waals surface area contributed by atoms with E-state index in [0.717, 1.165) is 0 Å². The first-order valence-electron chi connectivity index (χ1n) is 3.38. The van der Waals surface area contributed by atoms with E-state index < -0.39 is 6.67 Å². The van der Waals surface area contributed by atoms with Crippen LogP contribution in [-0.4, -0.2) is 12.5 Å². The van der Waals surface area contributed by atoms with Crippen LogP contribution in [0.1, 0.15) is 26.7 Å². The summed E-state index contributed by atoms with van der Waals surface area (Å²) in [7, 11) is 0. The van der Waals surface area contributed by atoms with Gasteiger partial charge in [0.1, 0.15) is 12.5 Å². The zero-order chi connectivity index (χ0) is 7.98. The van der Waals surface area contributed by atoms with Crippen molar-refractivity contribution in [3.8, 4) is 0 Å². The average Bonchev–Trinajstić information content (AvgIpc) is 1.87. The van der Waals surface area contributed by atoms with E-state index in [1.807, 2.05) is 0 Å². The van der Waals surface area contributed by atoms with E-state index in [4.69, 9.17) is 0 Å². The van der Waals surface area contributed by atoms with Gasteiger partial charge in [0.2, 0.25) is 0 Å². The summed E-state index contributed by atoms with van der Waals surface area (Å²) in [6.45, 7) is 2.86. The van der Waals surface area contributed by atoms with Crippen LogP contribution in [0.2, 0.25) is 0 Å². The van der Waals surface area contributed by atoms with E-state index in [1.165, 1.54) is 0 Å². The van der Waals surface area contributed by atoms with Gasteiger partial charge < -0.3 is 4.79 Å². The Kier molecular flexibility index (Phi) is 4.81. The maximum atomic E-state index is 11.8. The number of ketones is 1. The van der Waals surface area contributed by atoms with Gasteiger partial charge in [0, 0.05) is 6.42 Å². The predicted octanol–water partition coefficient (Wildman–Crippen LogP) is 2.27. The molecule has 0 heterocycles. The van der Waals surface area contributed by atoms with Crippen LogP contribution >= 0.6 is 0 Å². The van der Waals surface area contributed by atoms with E-state index in [9.17, 15) is 9.18 Å². The van der Waals surface area contributed by atoms with Crippen molar-refractivity contribution < 1.29 is 9.18 Å². The lowest BCUT2D eigenvalue weighted by atomic mass is 10.2. The highest BCUT2D eigenvalue weighted by atomic mass is 19.1. The molecule has 10 heavy (non-hydrogen) atoms. The van der Waals surface area contributed by atoms with Gasteiger partial charge in [-0.2, -0.15) is 0 Å². The Morgan fingerprint density at radius 3 is 2.50 bits per heavy atom. The highest BCUT2D eigenvalue weighted by Gasteiger charge is 1.90. The van der Waals surface area contributed by atoms with Crippen LogP contribution in [0.4, 0.5) is 4.39 Å². The summed E-state index contributed by atoms with van der Waals surface area (Å²) in [5.74, 6) is 0.155. The molecule has 58 valence electrons. The molecule has 0 unspecified atom stereocenters. The summed E-state index contributed by atoms with van der Waals surface area (Å²) >= 11 is 0. The highest BCUT2D eigenvalue weighted by molar-refractivity contribution is 5.75. The smallest absolute Gasteiger partial charge is 0.130 e. The molecule has 0 aliphatic heterocycles. The van der Waals surface area contributed by atoms with Gasteiger partial charge in [-0.15, -0.1) is 0 Å². The van der Waals surface area contributed by atoms with Crippen molar-refractivity contribution in [1.29, 1.82) is 0 Å². The second-order valence-corrected chi connectivity index (χ2v) is 2.42. The minimum Gasteiger partial charge on any atom is -0.300 e. The van der Waals surface area contributed by atoms with Gasteiger partial charge in [0.05, 0.1) is 0 Å². The molecule has 0 spiro atoms. The zero-order valence-corrected chi connectivity index (χ0v) is 6.48. The van der Waals surface area contributed by atoms with Crippen LogP contribution in [0, 0.1) is 0 Å². The van der Waals surface area contributed by atoms with Gasteiger partial charge in [0.25, 0.3) is 0 Å². The van der Waals surface area contributed by atoms with Crippen LogP contribution < -0.4 is 0 Å². The number of allylic oxidation sites excluding steroid dienone is 2. The molecule has 0 saturated heterocycles. The zero-order valence-electron chi connectivity index (χ0n) is 6.48. The van der Waals surface area contributed by atoms with Crippen molar-refractivity contribution >= 4 is 5.78 Å². The van der Waals surface area contributed by atoms with Crippen LogP contribution in [0.25, 0.3) is 0 Å². The lowest BCUT2D eigenvalue weighted by Crippen LogP contribution is -1.87. The van der Waals surface area contributed by atoms with E-state index in [1.54, 1.807) is 19.9 Å².